The van der Waals surface area contributed by atoms with Crippen LogP contribution < -0.4 is 5.32 Å². The fraction of sp³-hybridized carbons (Fsp3) is 0.875. The highest BCUT2D eigenvalue weighted by Crippen LogP contribution is 2.46. The molecule has 1 heterocycles. The second-order valence-electron chi connectivity index (χ2n) is 6.54. The Balaban J connectivity index is 1.67. The maximum absolute atomic E-state index is 4.52. The van der Waals surface area contributed by atoms with Crippen molar-refractivity contribution in [2.75, 3.05) is 7.05 Å². The van der Waals surface area contributed by atoms with E-state index in [0.29, 0.717) is 12.0 Å². The average molecular weight is 293 g/mol. The molecule has 2 saturated carbocycles. The summed E-state index contributed by atoms with van der Waals surface area (Å²) in [5.74, 6) is 2.68. The minimum atomic E-state index is 0.382. The Morgan fingerprint density at radius 3 is 2.70 bits per heavy atom. The molecule has 4 unspecified atom stereocenters. The van der Waals surface area contributed by atoms with Gasteiger partial charge in [-0.15, -0.1) is 10.2 Å². The van der Waals surface area contributed by atoms with E-state index >= 15 is 0 Å². The van der Waals surface area contributed by atoms with Gasteiger partial charge < -0.3 is 5.32 Å². The van der Waals surface area contributed by atoms with Crippen molar-refractivity contribution < 1.29 is 0 Å². The van der Waals surface area contributed by atoms with E-state index in [0.717, 1.165) is 18.3 Å². The molecule has 3 rings (SSSR count). The second kappa shape index (κ2) is 6.52. The first-order chi connectivity index (χ1) is 9.81. The summed E-state index contributed by atoms with van der Waals surface area (Å²) in [7, 11) is 2.02. The van der Waals surface area contributed by atoms with Crippen LogP contribution >= 0.6 is 11.3 Å². The van der Waals surface area contributed by atoms with Gasteiger partial charge in [-0.2, -0.15) is 0 Å². The molecule has 0 amide bonds. The fourth-order valence-corrected chi connectivity index (χ4v) is 5.34. The Morgan fingerprint density at radius 2 is 1.95 bits per heavy atom. The summed E-state index contributed by atoms with van der Waals surface area (Å²) in [4.78, 5) is 0. The van der Waals surface area contributed by atoms with Gasteiger partial charge in [0, 0.05) is 5.92 Å². The van der Waals surface area contributed by atoms with Gasteiger partial charge in [0.2, 0.25) is 0 Å². The van der Waals surface area contributed by atoms with Crippen LogP contribution in [-0.2, 0) is 0 Å². The number of aromatic nitrogens is 2. The lowest BCUT2D eigenvalue weighted by Gasteiger charge is -2.38. The zero-order valence-corrected chi connectivity index (χ0v) is 13.6. The van der Waals surface area contributed by atoms with Crippen molar-refractivity contribution in [3.63, 3.8) is 0 Å². The van der Waals surface area contributed by atoms with Crippen LogP contribution in [0.25, 0.3) is 0 Å². The lowest BCUT2D eigenvalue weighted by Crippen LogP contribution is -2.26. The standard InChI is InChI=1S/C16H27N3S/c1-3-14(17-2)16-19-18-15(20-16)13-9-8-11-6-4-5-7-12(11)10-13/h11-14,17H,3-10H2,1-2H3. The number of hydrogen-bond acceptors (Lipinski definition) is 4. The molecule has 4 heteroatoms. The van der Waals surface area contributed by atoms with E-state index in [2.05, 4.69) is 22.4 Å². The molecule has 0 spiro atoms. The maximum atomic E-state index is 4.52. The predicted octanol–water partition coefficient (Wildman–Crippen LogP) is 4.28. The Kier molecular flexibility index (Phi) is 4.72. The molecule has 0 bridgehead atoms. The third-order valence-corrected chi connectivity index (χ3v) is 6.60. The van der Waals surface area contributed by atoms with Gasteiger partial charge in [-0.25, -0.2) is 0 Å². The number of fused-ring (bicyclic) bond motifs is 1. The van der Waals surface area contributed by atoms with Crippen LogP contribution in [0.4, 0.5) is 0 Å². The number of hydrogen-bond donors (Lipinski definition) is 1. The monoisotopic (exact) mass is 293 g/mol. The number of nitrogens with one attached hydrogen (secondary N) is 1. The smallest absolute Gasteiger partial charge is 0.134 e. The molecule has 3 nitrogen and oxygen atoms in total. The molecule has 2 aliphatic carbocycles. The van der Waals surface area contributed by atoms with Gasteiger partial charge in [0.1, 0.15) is 10.0 Å². The van der Waals surface area contributed by atoms with Crippen LogP contribution in [0, 0.1) is 11.8 Å². The van der Waals surface area contributed by atoms with Gasteiger partial charge in [0.05, 0.1) is 6.04 Å². The molecule has 2 fully saturated rings. The lowest BCUT2D eigenvalue weighted by molar-refractivity contribution is 0.155. The lowest BCUT2D eigenvalue weighted by atomic mass is 9.68. The molecule has 0 radical (unpaired) electrons. The van der Waals surface area contributed by atoms with Crippen molar-refractivity contribution in [2.45, 2.75) is 70.3 Å². The molecule has 0 saturated heterocycles. The first kappa shape index (κ1) is 14.5. The minimum absolute atomic E-state index is 0.382. The number of rotatable bonds is 4. The highest BCUT2D eigenvalue weighted by atomic mass is 32.1. The zero-order chi connectivity index (χ0) is 13.9. The second-order valence-corrected chi connectivity index (χ2v) is 7.58. The van der Waals surface area contributed by atoms with Crippen LogP contribution in [0.2, 0.25) is 0 Å². The van der Waals surface area contributed by atoms with Crippen LogP contribution in [0.3, 0.4) is 0 Å². The van der Waals surface area contributed by atoms with Crippen molar-refractivity contribution in [1.29, 1.82) is 0 Å². The molecule has 2 aliphatic rings. The van der Waals surface area contributed by atoms with Gasteiger partial charge in [-0.3, -0.25) is 0 Å². The van der Waals surface area contributed by atoms with Crippen molar-refractivity contribution in [3.8, 4) is 0 Å². The van der Waals surface area contributed by atoms with Crippen molar-refractivity contribution in [3.05, 3.63) is 10.0 Å². The van der Waals surface area contributed by atoms with Crippen LogP contribution in [0.1, 0.15) is 80.3 Å². The molecule has 1 aromatic heterocycles. The normalized spacial score (nSPS) is 31.8. The minimum Gasteiger partial charge on any atom is -0.311 e. The van der Waals surface area contributed by atoms with Crippen molar-refractivity contribution >= 4 is 11.3 Å². The molecule has 112 valence electrons. The first-order valence-corrected chi connectivity index (χ1v) is 9.14. The molecule has 0 aliphatic heterocycles. The largest absolute Gasteiger partial charge is 0.311 e. The van der Waals surface area contributed by atoms with Crippen LogP contribution in [-0.4, -0.2) is 17.2 Å². The van der Waals surface area contributed by atoms with Gasteiger partial charge in [-0.1, -0.05) is 43.9 Å². The summed E-state index contributed by atoms with van der Waals surface area (Å²) in [6.07, 6.45) is 11.1. The number of nitrogens with zero attached hydrogens (tertiary/aromatic N) is 2. The quantitative estimate of drug-likeness (QED) is 0.900. The Hall–Kier alpha value is -0.480. The van der Waals surface area contributed by atoms with E-state index in [1.807, 2.05) is 18.4 Å². The van der Waals surface area contributed by atoms with Gasteiger partial charge in [0.15, 0.2) is 0 Å². The highest BCUT2D eigenvalue weighted by molar-refractivity contribution is 7.11. The third-order valence-electron chi connectivity index (χ3n) is 5.40. The molecule has 4 atom stereocenters. The first-order valence-electron chi connectivity index (χ1n) is 8.32. The van der Waals surface area contributed by atoms with Gasteiger partial charge in [0.25, 0.3) is 0 Å². The van der Waals surface area contributed by atoms with E-state index in [-0.39, 0.29) is 0 Å². The topological polar surface area (TPSA) is 37.8 Å². The SMILES string of the molecule is CCC(NC)c1nnc(C2CCC3CCCCC3C2)s1. The van der Waals surface area contributed by atoms with E-state index in [9.17, 15) is 0 Å². The van der Waals surface area contributed by atoms with Crippen molar-refractivity contribution in [1.82, 2.24) is 15.5 Å². The van der Waals surface area contributed by atoms with Crippen molar-refractivity contribution in [2.24, 2.45) is 11.8 Å². The molecular formula is C16H27N3S. The summed E-state index contributed by atoms with van der Waals surface area (Å²) >= 11 is 1.85. The molecule has 20 heavy (non-hydrogen) atoms. The Bertz CT molecular complexity index is 427. The fourth-order valence-electron chi connectivity index (χ4n) is 4.15. The van der Waals surface area contributed by atoms with Gasteiger partial charge >= 0.3 is 0 Å². The summed E-state index contributed by atoms with van der Waals surface area (Å²) in [5, 5.41) is 14.8. The zero-order valence-electron chi connectivity index (χ0n) is 12.8. The summed E-state index contributed by atoms with van der Waals surface area (Å²) in [6.45, 7) is 2.20. The Labute approximate surface area is 126 Å². The summed E-state index contributed by atoms with van der Waals surface area (Å²) < 4.78 is 0. The van der Waals surface area contributed by atoms with E-state index in [1.165, 1.54) is 55.0 Å². The Morgan fingerprint density at radius 1 is 1.15 bits per heavy atom. The van der Waals surface area contributed by atoms with E-state index in [1.54, 1.807) is 0 Å². The summed E-state index contributed by atoms with van der Waals surface area (Å²) in [5.41, 5.74) is 0. The van der Waals surface area contributed by atoms with Crippen LogP contribution in [0.15, 0.2) is 0 Å². The molecule has 1 N–H and O–H groups in total. The van der Waals surface area contributed by atoms with Crippen LogP contribution in [0.5, 0.6) is 0 Å². The molecule has 0 aromatic carbocycles. The average Bonchev–Trinajstić information content (AvgIpc) is 2.98. The molecular weight excluding hydrogens is 266 g/mol. The maximum Gasteiger partial charge on any atom is 0.134 e. The van der Waals surface area contributed by atoms with E-state index in [4.69, 9.17) is 0 Å². The predicted molar refractivity (Wildman–Crippen MR) is 84.0 cm³/mol. The third kappa shape index (κ3) is 2.91. The summed E-state index contributed by atoms with van der Waals surface area (Å²) in [6, 6.07) is 0.382. The highest BCUT2D eigenvalue weighted by Gasteiger charge is 2.34. The van der Waals surface area contributed by atoms with Gasteiger partial charge in [-0.05, 0) is 44.6 Å². The van der Waals surface area contributed by atoms with E-state index < -0.39 is 0 Å². The molecule has 1 aromatic rings.